The van der Waals surface area contributed by atoms with Crippen molar-refractivity contribution in [3.05, 3.63) is 0 Å². The molecule has 4 nitrogen and oxygen atoms in total. The molecule has 0 atom stereocenters. The fourth-order valence-electron chi connectivity index (χ4n) is 1.03. The van der Waals surface area contributed by atoms with Crippen LogP contribution in [0.2, 0.25) is 0 Å². The van der Waals surface area contributed by atoms with Gasteiger partial charge in [-0.2, -0.15) is 39.0 Å². The van der Waals surface area contributed by atoms with Crippen LogP contribution in [-0.2, 0) is 19.7 Å². The molecule has 116 valence electrons. The molecule has 0 rings (SSSR count). The zero-order chi connectivity index (χ0) is 15.7. The molecule has 0 aromatic rings. The highest BCUT2D eigenvalue weighted by Crippen LogP contribution is 2.38. The first kappa shape index (κ1) is 18.8. The second kappa shape index (κ2) is 5.68. The summed E-state index contributed by atoms with van der Waals surface area (Å²) in [6.45, 7) is 0. The Kier molecular flexibility index (Phi) is 5.62. The number of halogens is 6. The van der Waals surface area contributed by atoms with Crippen LogP contribution in [0.1, 0.15) is 12.8 Å². The van der Waals surface area contributed by atoms with Gasteiger partial charge in [0.1, 0.15) is 0 Å². The molecule has 0 aromatic carbocycles. The Balaban J connectivity index is 5.90. The Labute approximate surface area is 110 Å². The van der Waals surface area contributed by atoms with Crippen molar-refractivity contribution in [3.8, 4) is 0 Å². The number of rotatable bonds is 5. The molecule has 19 heavy (non-hydrogen) atoms. The van der Waals surface area contributed by atoms with Crippen LogP contribution in [0.4, 0.5) is 26.3 Å². The molecular weight excluding hydrogens is 346 g/mol. The van der Waals surface area contributed by atoms with Crippen molar-refractivity contribution in [2.24, 2.45) is 0 Å². The minimum atomic E-state index is -6.49. The molecule has 13 heteroatoms. The van der Waals surface area contributed by atoms with E-state index in [1.54, 1.807) is 0 Å². The molecule has 0 aliphatic heterocycles. The summed E-state index contributed by atoms with van der Waals surface area (Å²) >= 11 is 3.48. The smallest absolute Gasteiger partial charge is 0.218 e. The number of sulfone groups is 2. The Bertz CT molecular complexity index is 458. The van der Waals surface area contributed by atoms with Crippen LogP contribution in [0.25, 0.3) is 0 Å². The highest BCUT2D eigenvalue weighted by atomic mass is 32.3. The summed E-state index contributed by atoms with van der Waals surface area (Å²) < 4.78 is 113. The number of hydrogen-bond acceptors (Lipinski definition) is 5. The van der Waals surface area contributed by atoms with Gasteiger partial charge in [-0.05, 0) is 18.6 Å². The number of hydrogen-bond donors (Lipinski definition) is 1. The molecule has 0 fully saturated rings. The lowest BCUT2D eigenvalue weighted by molar-refractivity contribution is -0.0472. The van der Waals surface area contributed by atoms with Crippen LogP contribution < -0.4 is 0 Å². The predicted molar refractivity (Wildman–Crippen MR) is 56.8 cm³/mol. The Morgan fingerprint density at radius 1 is 0.842 bits per heavy atom. The van der Waals surface area contributed by atoms with Gasteiger partial charge in [0, 0.05) is 0 Å². The third-order valence-electron chi connectivity index (χ3n) is 1.94. The zero-order valence-electron chi connectivity index (χ0n) is 8.86. The molecule has 0 N–H and O–H groups in total. The van der Waals surface area contributed by atoms with E-state index in [0.29, 0.717) is 0 Å². The summed E-state index contributed by atoms with van der Waals surface area (Å²) in [7, 11) is -13.0. The third kappa shape index (κ3) is 3.90. The lowest BCUT2D eigenvalue weighted by atomic mass is 10.4. The maximum atomic E-state index is 12.2. The van der Waals surface area contributed by atoms with Crippen LogP contribution in [0.15, 0.2) is 0 Å². The first-order chi connectivity index (χ1) is 8.19. The molecule has 0 bridgehead atoms. The average molecular weight is 354 g/mol. The van der Waals surface area contributed by atoms with Gasteiger partial charge in [-0.25, -0.2) is 16.8 Å². The van der Waals surface area contributed by atoms with Crippen molar-refractivity contribution in [2.75, 3.05) is 5.75 Å². The summed E-state index contributed by atoms with van der Waals surface area (Å²) in [5.74, 6) is -0.267. The lowest BCUT2D eigenvalue weighted by Gasteiger charge is -2.20. The molecule has 0 aliphatic carbocycles. The van der Waals surface area contributed by atoms with Gasteiger partial charge in [-0.1, -0.05) is 0 Å². The highest BCUT2D eigenvalue weighted by molar-refractivity contribution is 8.09. The number of thiol groups is 1. The van der Waals surface area contributed by atoms with Crippen LogP contribution in [0, 0.1) is 0 Å². The van der Waals surface area contributed by atoms with E-state index in [4.69, 9.17) is 0 Å². The molecule has 0 aromatic heterocycles. The normalized spacial score (nSPS) is 14.9. The van der Waals surface area contributed by atoms with Gasteiger partial charge in [0.05, 0.1) is 0 Å². The van der Waals surface area contributed by atoms with Crippen molar-refractivity contribution in [1.29, 1.82) is 0 Å². The highest BCUT2D eigenvalue weighted by Gasteiger charge is 2.62. The average Bonchev–Trinajstić information content (AvgIpc) is 2.13. The van der Waals surface area contributed by atoms with Crippen LogP contribution in [0.3, 0.4) is 0 Å². The largest absolute Gasteiger partial charge is 0.498 e. The quantitative estimate of drug-likeness (QED) is 0.605. The van der Waals surface area contributed by atoms with Crippen molar-refractivity contribution in [3.63, 3.8) is 0 Å². The maximum absolute atomic E-state index is 12.2. The first-order valence-corrected chi connectivity index (χ1v) is 8.13. The van der Waals surface area contributed by atoms with Crippen molar-refractivity contribution in [2.45, 2.75) is 28.4 Å². The van der Waals surface area contributed by atoms with Gasteiger partial charge >= 0.3 is 11.0 Å². The van der Waals surface area contributed by atoms with E-state index in [-0.39, 0.29) is 5.75 Å². The Hall–Kier alpha value is -0.170. The van der Waals surface area contributed by atoms with Gasteiger partial charge in [0.25, 0.3) is 19.7 Å². The molecule has 0 saturated carbocycles. The fraction of sp³-hybridized carbons (Fsp3) is 1.00. The second-order valence-corrected chi connectivity index (χ2v) is 8.27. The van der Waals surface area contributed by atoms with Gasteiger partial charge in [0.15, 0.2) is 4.58 Å². The topological polar surface area (TPSA) is 68.3 Å². The molecule has 0 amide bonds. The minimum Gasteiger partial charge on any atom is -0.218 e. The second-order valence-electron chi connectivity index (χ2n) is 3.28. The zero-order valence-corrected chi connectivity index (χ0v) is 11.4. The molecule has 0 heterocycles. The molecule has 0 aliphatic rings. The van der Waals surface area contributed by atoms with E-state index in [0.717, 1.165) is 0 Å². The van der Waals surface area contributed by atoms with Crippen molar-refractivity contribution in [1.82, 2.24) is 0 Å². The summed E-state index contributed by atoms with van der Waals surface area (Å²) in [5.41, 5.74) is -12.2. The van der Waals surface area contributed by atoms with E-state index in [1.165, 1.54) is 0 Å². The van der Waals surface area contributed by atoms with Crippen LogP contribution in [0.5, 0.6) is 0 Å². The van der Waals surface area contributed by atoms with Crippen molar-refractivity contribution < 1.29 is 43.2 Å². The molecule has 0 unspecified atom stereocenters. The standard InChI is InChI=1S/C6H8F6O4S3/c7-5(8,9)18(13,14)4(2-1-3-17)19(15,16)6(10,11)12/h4,17H,1-3H2. The summed E-state index contributed by atoms with van der Waals surface area (Å²) in [5, 5.41) is 0. The van der Waals surface area contributed by atoms with Gasteiger partial charge in [-0.3, -0.25) is 0 Å². The Morgan fingerprint density at radius 2 is 1.16 bits per heavy atom. The molecular formula is C6H8F6O4S3. The molecule has 0 radical (unpaired) electrons. The van der Waals surface area contributed by atoms with Gasteiger partial charge in [-0.15, -0.1) is 0 Å². The number of alkyl halides is 6. The monoisotopic (exact) mass is 354 g/mol. The summed E-state index contributed by atoms with van der Waals surface area (Å²) in [4.78, 5) is 0. The lowest BCUT2D eigenvalue weighted by Crippen LogP contribution is -2.44. The minimum absolute atomic E-state index is 0.267. The first-order valence-electron chi connectivity index (χ1n) is 4.40. The molecule has 0 saturated heterocycles. The van der Waals surface area contributed by atoms with E-state index in [2.05, 4.69) is 12.6 Å². The van der Waals surface area contributed by atoms with E-state index >= 15 is 0 Å². The predicted octanol–water partition coefficient (Wildman–Crippen LogP) is 1.89. The Morgan fingerprint density at radius 3 is 1.37 bits per heavy atom. The van der Waals surface area contributed by atoms with Crippen LogP contribution in [-0.4, -0.2) is 38.2 Å². The molecule has 0 spiro atoms. The summed E-state index contributed by atoms with van der Waals surface area (Å²) in [6.07, 6.45) is -1.88. The summed E-state index contributed by atoms with van der Waals surface area (Å²) in [6, 6.07) is 0. The van der Waals surface area contributed by atoms with Gasteiger partial charge in [0.2, 0.25) is 0 Å². The fourth-order valence-corrected chi connectivity index (χ4v) is 4.75. The maximum Gasteiger partial charge on any atom is 0.498 e. The van der Waals surface area contributed by atoms with E-state index in [9.17, 15) is 43.2 Å². The van der Waals surface area contributed by atoms with Gasteiger partial charge < -0.3 is 0 Å². The van der Waals surface area contributed by atoms with E-state index in [1.807, 2.05) is 0 Å². The SMILES string of the molecule is O=S(=O)(C(CCCS)S(=O)(=O)C(F)(F)F)C(F)(F)F. The van der Waals surface area contributed by atoms with E-state index < -0.39 is 48.1 Å². The van der Waals surface area contributed by atoms with Crippen LogP contribution >= 0.6 is 12.6 Å². The van der Waals surface area contributed by atoms with Crippen molar-refractivity contribution >= 4 is 32.3 Å². The third-order valence-corrected chi connectivity index (χ3v) is 6.92.